The van der Waals surface area contributed by atoms with Gasteiger partial charge in [-0.3, -0.25) is 14.4 Å². The van der Waals surface area contributed by atoms with Crippen LogP contribution in [0.15, 0.2) is 24.3 Å². The van der Waals surface area contributed by atoms with Crippen molar-refractivity contribution < 1.29 is 28.6 Å². The highest BCUT2D eigenvalue weighted by Gasteiger charge is 2.19. The van der Waals surface area contributed by atoms with Gasteiger partial charge < -0.3 is 14.2 Å². The van der Waals surface area contributed by atoms with Crippen LogP contribution in [-0.4, -0.2) is 37.2 Å². The normalized spacial score (nSPS) is 12.1. The highest BCUT2D eigenvalue weighted by Crippen LogP contribution is 2.19. The van der Waals surface area contributed by atoms with Crippen molar-refractivity contribution >= 4 is 17.9 Å². The standard InChI is InChI=1S/C71H134O6/c1-4-7-10-13-16-19-22-24-26-28-29-30-31-32-33-34-35-36-37-38-39-40-41-42-43-45-46-49-52-55-58-61-64-70(73)76-67-68(66-75-69(72)63-60-57-54-51-48-21-18-15-12-9-6-3)77-71(74)65-62-59-56-53-50-47-44-27-25-23-20-17-14-11-8-5-2/h20,23,27,44,68H,4-19,21-22,24-26,28-43,45-67H2,1-3H3/b23-20-,44-27-. The van der Waals surface area contributed by atoms with E-state index in [9.17, 15) is 14.4 Å². The Morgan fingerprint density at radius 3 is 0.727 bits per heavy atom. The van der Waals surface area contributed by atoms with Crippen molar-refractivity contribution in [2.75, 3.05) is 13.2 Å². The minimum Gasteiger partial charge on any atom is -0.462 e. The van der Waals surface area contributed by atoms with Crippen LogP contribution < -0.4 is 0 Å². The van der Waals surface area contributed by atoms with Gasteiger partial charge in [0.15, 0.2) is 6.10 Å². The van der Waals surface area contributed by atoms with E-state index in [4.69, 9.17) is 14.2 Å². The number of esters is 3. The van der Waals surface area contributed by atoms with Gasteiger partial charge in [-0.15, -0.1) is 0 Å². The van der Waals surface area contributed by atoms with Gasteiger partial charge in [-0.2, -0.15) is 0 Å². The zero-order valence-corrected chi connectivity index (χ0v) is 52.3. The Bertz CT molecular complexity index is 1240. The largest absolute Gasteiger partial charge is 0.462 e. The number of allylic oxidation sites excluding steroid dienone is 4. The van der Waals surface area contributed by atoms with E-state index in [1.807, 2.05) is 0 Å². The predicted octanol–water partition coefficient (Wildman–Crippen LogP) is 23.8. The first-order valence-electron chi connectivity index (χ1n) is 34.8. The van der Waals surface area contributed by atoms with Crippen molar-refractivity contribution in [1.29, 1.82) is 0 Å². The number of ether oxygens (including phenoxy) is 3. The number of unbranched alkanes of at least 4 members (excludes halogenated alkanes) is 50. The molecule has 1 atom stereocenters. The van der Waals surface area contributed by atoms with Crippen molar-refractivity contribution in [1.82, 2.24) is 0 Å². The van der Waals surface area contributed by atoms with E-state index >= 15 is 0 Å². The van der Waals surface area contributed by atoms with E-state index < -0.39 is 6.10 Å². The molecule has 6 heteroatoms. The Kier molecular flexibility index (Phi) is 64.6. The molecule has 0 bridgehead atoms. The van der Waals surface area contributed by atoms with Crippen LogP contribution in [0.5, 0.6) is 0 Å². The molecular formula is C71H134O6. The zero-order chi connectivity index (χ0) is 55.7. The lowest BCUT2D eigenvalue weighted by Crippen LogP contribution is -2.30. The molecule has 0 saturated carbocycles. The molecule has 0 aliphatic heterocycles. The third-order valence-electron chi connectivity index (χ3n) is 16.0. The number of carbonyl (C=O) groups excluding carboxylic acids is 3. The van der Waals surface area contributed by atoms with Gasteiger partial charge in [0.2, 0.25) is 0 Å². The summed E-state index contributed by atoms with van der Waals surface area (Å²) in [7, 11) is 0. The molecule has 1 unspecified atom stereocenters. The van der Waals surface area contributed by atoms with E-state index in [1.54, 1.807) is 0 Å². The fraction of sp³-hybridized carbons (Fsp3) is 0.901. The zero-order valence-electron chi connectivity index (χ0n) is 52.3. The Hall–Kier alpha value is -2.11. The van der Waals surface area contributed by atoms with Gasteiger partial charge in [-0.25, -0.2) is 0 Å². The van der Waals surface area contributed by atoms with Crippen LogP contribution in [0.25, 0.3) is 0 Å². The van der Waals surface area contributed by atoms with Gasteiger partial charge in [0.1, 0.15) is 13.2 Å². The lowest BCUT2D eigenvalue weighted by Gasteiger charge is -2.18. The lowest BCUT2D eigenvalue weighted by molar-refractivity contribution is -0.167. The van der Waals surface area contributed by atoms with Crippen LogP contribution in [0.3, 0.4) is 0 Å². The van der Waals surface area contributed by atoms with E-state index in [0.29, 0.717) is 19.3 Å². The summed E-state index contributed by atoms with van der Waals surface area (Å²) >= 11 is 0. The first kappa shape index (κ1) is 74.9. The van der Waals surface area contributed by atoms with Gasteiger partial charge in [0.05, 0.1) is 0 Å². The number of carbonyl (C=O) groups is 3. The minimum atomic E-state index is -0.774. The smallest absolute Gasteiger partial charge is 0.306 e. The lowest BCUT2D eigenvalue weighted by atomic mass is 10.0. The monoisotopic (exact) mass is 1080 g/mol. The highest BCUT2D eigenvalue weighted by atomic mass is 16.6. The summed E-state index contributed by atoms with van der Waals surface area (Å²) in [6.07, 6.45) is 80.9. The van der Waals surface area contributed by atoms with E-state index in [-0.39, 0.29) is 31.1 Å². The number of hydrogen-bond donors (Lipinski definition) is 0. The molecule has 77 heavy (non-hydrogen) atoms. The maximum atomic E-state index is 12.9. The van der Waals surface area contributed by atoms with Crippen molar-refractivity contribution in [2.24, 2.45) is 0 Å². The summed E-state index contributed by atoms with van der Waals surface area (Å²) in [4.78, 5) is 38.3. The van der Waals surface area contributed by atoms with Gasteiger partial charge >= 0.3 is 17.9 Å². The quantitative estimate of drug-likeness (QED) is 0.0261. The fourth-order valence-electron chi connectivity index (χ4n) is 10.7. The molecular weight excluding hydrogens is 949 g/mol. The second-order valence-corrected chi connectivity index (χ2v) is 23.8. The maximum Gasteiger partial charge on any atom is 0.306 e. The molecule has 0 N–H and O–H groups in total. The molecule has 0 spiro atoms. The molecule has 0 saturated heterocycles. The molecule has 0 aliphatic carbocycles. The van der Waals surface area contributed by atoms with Crippen LogP contribution in [-0.2, 0) is 28.6 Å². The third kappa shape index (κ3) is 64.6. The summed E-state index contributed by atoms with van der Waals surface area (Å²) < 4.78 is 16.9. The molecule has 6 nitrogen and oxygen atoms in total. The SMILES string of the molecule is CCCCCC/C=C\C/C=C\CCCCCCCC(=O)OC(COC(=O)CCCCCCCCCCCCC)COC(=O)CCCCCCCCCCCCCCCCCCCCCCCCCCCCCCCCCC. The first-order chi connectivity index (χ1) is 38.0. The minimum absolute atomic E-state index is 0.0712. The van der Waals surface area contributed by atoms with Crippen LogP contribution in [0, 0.1) is 0 Å². The van der Waals surface area contributed by atoms with E-state index in [1.165, 1.54) is 276 Å². The third-order valence-corrected chi connectivity index (χ3v) is 16.0. The van der Waals surface area contributed by atoms with Crippen molar-refractivity contribution in [2.45, 2.75) is 399 Å². The molecule has 0 radical (unpaired) electrons. The van der Waals surface area contributed by atoms with Gasteiger partial charge in [0, 0.05) is 19.3 Å². The van der Waals surface area contributed by atoms with Crippen LogP contribution in [0.4, 0.5) is 0 Å². The first-order valence-corrected chi connectivity index (χ1v) is 34.8. The van der Waals surface area contributed by atoms with E-state index in [0.717, 1.165) is 77.0 Å². The molecule has 454 valence electrons. The molecule has 0 heterocycles. The topological polar surface area (TPSA) is 78.9 Å². The van der Waals surface area contributed by atoms with Crippen molar-refractivity contribution in [3.63, 3.8) is 0 Å². The highest BCUT2D eigenvalue weighted by molar-refractivity contribution is 5.71. The Labute approximate surface area is 481 Å². The van der Waals surface area contributed by atoms with Gasteiger partial charge in [0.25, 0.3) is 0 Å². The molecule has 0 aliphatic rings. The molecule has 0 rings (SSSR count). The van der Waals surface area contributed by atoms with E-state index in [2.05, 4.69) is 45.1 Å². The van der Waals surface area contributed by atoms with Crippen LogP contribution >= 0.6 is 0 Å². The van der Waals surface area contributed by atoms with Crippen molar-refractivity contribution in [3.05, 3.63) is 24.3 Å². The molecule has 0 amide bonds. The Balaban J connectivity index is 4.06. The molecule has 0 fully saturated rings. The molecule has 0 aromatic carbocycles. The summed E-state index contributed by atoms with van der Waals surface area (Å²) in [5, 5.41) is 0. The summed E-state index contributed by atoms with van der Waals surface area (Å²) in [6.45, 7) is 6.67. The predicted molar refractivity (Wildman–Crippen MR) is 335 cm³/mol. The molecule has 0 aromatic rings. The number of hydrogen-bond acceptors (Lipinski definition) is 6. The second-order valence-electron chi connectivity index (χ2n) is 23.8. The van der Waals surface area contributed by atoms with Crippen molar-refractivity contribution in [3.8, 4) is 0 Å². The fourth-order valence-corrected chi connectivity index (χ4v) is 10.7. The molecule has 0 aromatic heterocycles. The second kappa shape index (κ2) is 66.4. The Morgan fingerprint density at radius 1 is 0.260 bits per heavy atom. The summed E-state index contributed by atoms with van der Waals surface area (Å²) in [6, 6.07) is 0. The average molecular weight is 1080 g/mol. The number of rotatable bonds is 65. The maximum absolute atomic E-state index is 12.9. The summed E-state index contributed by atoms with van der Waals surface area (Å²) in [5.41, 5.74) is 0. The van der Waals surface area contributed by atoms with Gasteiger partial charge in [-0.05, 0) is 51.4 Å². The Morgan fingerprint density at radius 2 is 0.468 bits per heavy atom. The van der Waals surface area contributed by atoms with Gasteiger partial charge in [-0.1, -0.05) is 347 Å². The average Bonchev–Trinajstić information content (AvgIpc) is 3.43. The van der Waals surface area contributed by atoms with Crippen LogP contribution in [0.1, 0.15) is 393 Å². The van der Waals surface area contributed by atoms with Crippen LogP contribution in [0.2, 0.25) is 0 Å². The summed E-state index contributed by atoms with van der Waals surface area (Å²) in [5.74, 6) is -0.859.